The highest BCUT2D eigenvalue weighted by molar-refractivity contribution is 7.98. The summed E-state index contributed by atoms with van der Waals surface area (Å²) in [6.45, 7) is 3.94. The Morgan fingerprint density at radius 1 is 1.33 bits per heavy atom. The number of fused-ring (bicyclic) bond motifs is 1. The summed E-state index contributed by atoms with van der Waals surface area (Å²) in [7, 11) is 0. The number of carboxylic acids is 1. The number of carboxylic acid groups (broad SMARTS) is 1. The van der Waals surface area contributed by atoms with Crippen LogP contribution in [0.25, 0.3) is 10.1 Å². The minimum atomic E-state index is -1.05. The summed E-state index contributed by atoms with van der Waals surface area (Å²) in [6.07, 6.45) is 1.69. The normalized spacial score (nSPS) is 12.3. The molecule has 0 aliphatic rings. The summed E-state index contributed by atoms with van der Waals surface area (Å²) in [5, 5.41) is 12.7. The number of ether oxygens (including phenoxy) is 1. The maximum absolute atomic E-state index is 11.8. The van der Waals surface area contributed by atoms with E-state index in [1.54, 1.807) is 23.1 Å². The van der Waals surface area contributed by atoms with Crippen LogP contribution in [-0.4, -0.2) is 29.5 Å². The molecule has 7 heteroatoms. The van der Waals surface area contributed by atoms with Crippen LogP contribution in [0.3, 0.4) is 0 Å². The molecule has 2 rings (SSSR count). The van der Waals surface area contributed by atoms with Crippen LogP contribution in [0.2, 0.25) is 0 Å². The van der Waals surface area contributed by atoms with Crippen LogP contribution < -0.4 is 5.32 Å². The van der Waals surface area contributed by atoms with Crippen molar-refractivity contribution in [1.82, 2.24) is 5.32 Å². The molecule has 0 bridgehead atoms. The van der Waals surface area contributed by atoms with Crippen molar-refractivity contribution in [1.29, 1.82) is 0 Å². The number of aliphatic carboxylic acids is 1. The smallest absolute Gasteiger partial charge is 0.408 e. The third-order valence-electron chi connectivity index (χ3n) is 3.42. The van der Waals surface area contributed by atoms with Crippen molar-refractivity contribution < 1.29 is 19.4 Å². The summed E-state index contributed by atoms with van der Waals surface area (Å²) in [5.74, 6) is -0.883. The second-order valence-electron chi connectivity index (χ2n) is 5.86. The van der Waals surface area contributed by atoms with Gasteiger partial charge >= 0.3 is 12.1 Å². The highest BCUT2D eigenvalue weighted by Gasteiger charge is 2.21. The number of rotatable bonds is 7. The average molecular weight is 367 g/mol. The van der Waals surface area contributed by atoms with Gasteiger partial charge in [-0.2, -0.15) is 0 Å². The Morgan fingerprint density at radius 2 is 2.08 bits per heavy atom. The number of thiophene rings is 1. The number of hydrogen-bond donors (Lipinski definition) is 2. The van der Waals surface area contributed by atoms with E-state index in [-0.39, 0.29) is 12.5 Å². The van der Waals surface area contributed by atoms with Gasteiger partial charge in [-0.25, -0.2) is 9.59 Å². The Morgan fingerprint density at radius 3 is 2.71 bits per heavy atom. The summed E-state index contributed by atoms with van der Waals surface area (Å²) in [5.41, 5.74) is 0. The van der Waals surface area contributed by atoms with Crippen LogP contribution in [0.1, 0.15) is 25.1 Å². The Labute approximate surface area is 149 Å². The molecule has 1 aromatic carbocycles. The van der Waals surface area contributed by atoms with E-state index in [2.05, 4.69) is 23.5 Å². The molecule has 1 amide bonds. The lowest BCUT2D eigenvalue weighted by Gasteiger charge is -2.16. The molecule has 1 heterocycles. The van der Waals surface area contributed by atoms with Gasteiger partial charge in [0.15, 0.2) is 0 Å². The van der Waals surface area contributed by atoms with Gasteiger partial charge in [0.05, 0.1) is 0 Å². The number of carbonyl (C=O) groups is 2. The van der Waals surface area contributed by atoms with Gasteiger partial charge in [0.1, 0.15) is 12.6 Å². The molecule has 0 saturated carbocycles. The number of amides is 1. The third-order valence-corrected chi connectivity index (χ3v) is 5.23. The van der Waals surface area contributed by atoms with Crippen LogP contribution >= 0.6 is 23.1 Å². The minimum Gasteiger partial charge on any atom is -0.480 e. The molecular formula is C17H21NO4S2. The number of thioether (sulfide) groups is 1. The van der Waals surface area contributed by atoms with Crippen molar-refractivity contribution in [2.24, 2.45) is 5.92 Å². The predicted octanol–water partition coefficient (Wildman–Crippen LogP) is 4.35. The van der Waals surface area contributed by atoms with Crippen LogP contribution in [0.15, 0.2) is 29.2 Å². The maximum atomic E-state index is 11.8. The first-order chi connectivity index (χ1) is 11.4. The first-order valence-corrected chi connectivity index (χ1v) is 9.65. The van der Waals surface area contributed by atoms with Gasteiger partial charge in [0, 0.05) is 14.5 Å². The summed E-state index contributed by atoms with van der Waals surface area (Å²) < 4.78 is 6.30. The lowest BCUT2D eigenvalue weighted by molar-refractivity contribution is -0.139. The fourth-order valence-electron chi connectivity index (χ4n) is 2.29. The molecule has 0 aliphatic carbocycles. The molecule has 2 N–H and O–H groups in total. The molecule has 1 aromatic heterocycles. The van der Waals surface area contributed by atoms with E-state index in [9.17, 15) is 9.59 Å². The number of alkyl carbamates (subject to hydrolysis) is 1. The summed E-state index contributed by atoms with van der Waals surface area (Å²) >= 11 is 3.24. The van der Waals surface area contributed by atoms with Gasteiger partial charge in [-0.05, 0) is 48.2 Å². The van der Waals surface area contributed by atoms with Crippen LogP contribution in [0.5, 0.6) is 0 Å². The summed E-state index contributed by atoms with van der Waals surface area (Å²) in [6, 6.07) is 7.28. The van der Waals surface area contributed by atoms with E-state index in [4.69, 9.17) is 9.84 Å². The van der Waals surface area contributed by atoms with Crippen molar-refractivity contribution >= 4 is 45.2 Å². The lowest BCUT2D eigenvalue weighted by Crippen LogP contribution is -2.41. The van der Waals surface area contributed by atoms with E-state index in [0.29, 0.717) is 6.42 Å². The first-order valence-electron chi connectivity index (χ1n) is 7.61. The van der Waals surface area contributed by atoms with Crippen molar-refractivity contribution in [3.63, 3.8) is 0 Å². The molecule has 0 radical (unpaired) electrons. The maximum Gasteiger partial charge on any atom is 0.408 e. The highest BCUT2D eigenvalue weighted by atomic mass is 32.2. The van der Waals surface area contributed by atoms with Crippen molar-refractivity contribution in [3.05, 3.63) is 29.1 Å². The van der Waals surface area contributed by atoms with Crippen molar-refractivity contribution in [2.75, 3.05) is 6.26 Å². The van der Waals surface area contributed by atoms with E-state index in [0.717, 1.165) is 15.0 Å². The standard InChI is InChI=1S/C17H21NO4S2/c1-10(2)6-14(16(19)20)18-17(21)22-9-13-8-11-7-12(23-3)4-5-15(11)24-13/h4-5,7-8,10,14H,6,9H2,1-3H3,(H,18,21)(H,19,20). The number of hydrogen-bond acceptors (Lipinski definition) is 5. The molecule has 0 fully saturated rings. The fourth-order valence-corrected chi connectivity index (χ4v) is 3.69. The molecule has 0 aliphatic heterocycles. The molecular weight excluding hydrogens is 346 g/mol. The third kappa shape index (κ3) is 5.14. The van der Waals surface area contributed by atoms with Crippen LogP contribution in [0.4, 0.5) is 4.79 Å². The Hall–Kier alpha value is -1.73. The quantitative estimate of drug-likeness (QED) is 0.712. The zero-order chi connectivity index (χ0) is 17.7. The van der Waals surface area contributed by atoms with E-state index < -0.39 is 18.1 Å². The second-order valence-corrected chi connectivity index (χ2v) is 7.91. The molecule has 1 atom stereocenters. The zero-order valence-electron chi connectivity index (χ0n) is 13.9. The van der Waals surface area contributed by atoms with Crippen molar-refractivity contribution in [2.45, 2.75) is 37.8 Å². The Kier molecular flexibility index (Phi) is 6.51. The molecule has 130 valence electrons. The molecule has 0 spiro atoms. The van der Waals surface area contributed by atoms with Crippen LogP contribution in [-0.2, 0) is 16.1 Å². The average Bonchev–Trinajstić information content (AvgIpc) is 2.93. The van der Waals surface area contributed by atoms with Gasteiger partial charge in [0.2, 0.25) is 0 Å². The monoisotopic (exact) mass is 367 g/mol. The molecule has 1 unspecified atom stereocenters. The zero-order valence-corrected chi connectivity index (χ0v) is 15.5. The number of benzene rings is 1. The number of nitrogens with one attached hydrogen (secondary N) is 1. The number of carbonyl (C=O) groups excluding carboxylic acids is 1. The lowest BCUT2D eigenvalue weighted by atomic mass is 10.0. The van der Waals surface area contributed by atoms with Gasteiger partial charge in [0.25, 0.3) is 0 Å². The van der Waals surface area contributed by atoms with Gasteiger partial charge in [-0.1, -0.05) is 13.8 Å². The van der Waals surface area contributed by atoms with E-state index >= 15 is 0 Å². The molecule has 2 aromatic rings. The topological polar surface area (TPSA) is 75.6 Å². The van der Waals surface area contributed by atoms with E-state index in [1.807, 2.05) is 26.2 Å². The fraction of sp³-hybridized carbons (Fsp3) is 0.412. The Bertz CT molecular complexity index is 726. The predicted molar refractivity (Wildman–Crippen MR) is 97.8 cm³/mol. The summed E-state index contributed by atoms with van der Waals surface area (Å²) in [4.78, 5) is 25.1. The first kappa shape index (κ1) is 18.6. The van der Waals surface area contributed by atoms with Gasteiger partial charge in [-0.15, -0.1) is 23.1 Å². The molecule has 0 saturated heterocycles. The minimum absolute atomic E-state index is 0.133. The van der Waals surface area contributed by atoms with Crippen molar-refractivity contribution in [3.8, 4) is 0 Å². The van der Waals surface area contributed by atoms with Crippen LogP contribution in [0, 0.1) is 5.92 Å². The molecule has 5 nitrogen and oxygen atoms in total. The Balaban J connectivity index is 1.94. The SMILES string of the molecule is CSc1ccc2sc(COC(=O)NC(CC(C)C)C(=O)O)cc2c1. The van der Waals surface area contributed by atoms with E-state index in [1.165, 1.54) is 4.90 Å². The second kappa shape index (κ2) is 8.39. The van der Waals surface area contributed by atoms with Gasteiger partial charge < -0.3 is 15.2 Å². The highest BCUT2D eigenvalue weighted by Crippen LogP contribution is 2.29. The van der Waals surface area contributed by atoms with Gasteiger partial charge in [-0.3, -0.25) is 0 Å². The largest absolute Gasteiger partial charge is 0.480 e. The molecule has 24 heavy (non-hydrogen) atoms.